The van der Waals surface area contributed by atoms with Gasteiger partial charge in [-0.1, -0.05) is 5.11 Å². The van der Waals surface area contributed by atoms with Crippen LogP contribution >= 0.6 is 0 Å². The molecule has 86 valence electrons. The van der Waals surface area contributed by atoms with Gasteiger partial charge in [-0.2, -0.15) is 0 Å². The predicted octanol–water partition coefficient (Wildman–Crippen LogP) is 2.05. The van der Waals surface area contributed by atoms with E-state index in [1.165, 1.54) is 14.2 Å². The molecular formula is C10H13N3O3. The Labute approximate surface area is 93.0 Å². The molecule has 0 aliphatic carbocycles. The average Bonchev–Trinajstić information content (AvgIpc) is 2.35. The summed E-state index contributed by atoms with van der Waals surface area (Å²) in [6.45, 7) is -0.284. The number of hydrogen-bond acceptors (Lipinski definition) is 4. The van der Waals surface area contributed by atoms with E-state index >= 15 is 0 Å². The smallest absolute Gasteiger partial charge is 0.122 e. The first-order valence-electron chi connectivity index (χ1n) is 4.63. The van der Waals surface area contributed by atoms with Crippen LogP contribution in [0.1, 0.15) is 11.6 Å². The first-order valence-corrected chi connectivity index (χ1v) is 4.63. The molecule has 0 aromatic heterocycles. The van der Waals surface area contributed by atoms with Crippen LogP contribution in [0.5, 0.6) is 11.5 Å². The topological polar surface area (TPSA) is 87.5 Å². The number of rotatable bonds is 5. The minimum Gasteiger partial charge on any atom is -0.497 e. The van der Waals surface area contributed by atoms with E-state index in [1.807, 2.05) is 0 Å². The second-order valence-corrected chi connectivity index (χ2v) is 3.01. The van der Waals surface area contributed by atoms with E-state index in [0.717, 1.165) is 0 Å². The maximum absolute atomic E-state index is 9.13. The zero-order valence-electron chi connectivity index (χ0n) is 9.12. The van der Waals surface area contributed by atoms with Crippen LogP contribution in [0.15, 0.2) is 23.3 Å². The van der Waals surface area contributed by atoms with Crippen LogP contribution in [-0.2, 0) is 0 Å². The Bertz CT molecular complexity index is 402. The van der Waals surface area contributed by atoms with E-state index < -0.39 is 6.04 Å². The Morgan fingerprint density at radius 2 is 2.19 bits per heavy atom. The number of nitrogens with zero attached hydrogens (tertiary/aromatic N) is 3. The van der Waals surface area contributed by atoms with E-state index in [-0.39, 0.29) is 6.61 Å². The van der Waals surface area contributed by atoms with E-state index in [9.17, 15) is 0 Å². The molecule has 0 radical (unpaired) electrons. The minimum absolute atomic E-state index is 0.284. The van der Waals surface area contributed by atoms with E-state index in [0.29, 0.717) is 17.1 Å². The highest BCUT2D eigenvalue weighted by Crippen LogP contribution is 2.31. The molecule has 0 bridgehead atoms. The number of aliphatic hydroxyl groups is 1. The van der Waals surface area contributed by atoms with Crippen LogP contribution in [0.3, 0.4) is 0 Å². The maximum atomic E-state index is 9.13. The van der Waals surface area contributed by atoms with Crippen LogP contribution in [-0.4, -0.2) is 25.9 Å². The van der Waals surface area contributed by atoms with Gasteiger partial charge in [0.2, 0.25) is 0 Å². The summed E-state index contributed by atoms with van der Waals surface area (Å²) in [6.07, 6.45) is 0. The van der Waals surface area contributed by atoms with Crippen LogP contribution in [0.25, 0.3) is 10.4 Å². The summed E-state index contributed by atoms with van der Waals surface area (Å²) in [5, 5.41) is 12.6. The molecule has 1 aromatic carbocycles. The molecule has 1 unspecified atom stereocenters. The van der Waals surface area contributed by atoms with Crippen molar-refractivity contribution >= 4 is 0 Å². The fourth-order valence-electron chi connectivity index (χ4n) is 1.36. The summed E-state index contributed by atoms with van der Waals surface area (Å²) in [5.41, 5.74) is 8.99. The molecule has 1 aromatic rings. The zero-order chi connectivity index (χ0) is 12.0. The first kappa shape index (κ1) is 12.2. The van der Waals surface area contributed by atoms with E-state index in [4.69, 9.17) is 20.1 Å². The average molecular weight is 223 g/mol. The third-order valence-electron chi connectivity index (χ3n) is 2.16. The minimum atomic E-state index is -0.671. The van der Waals surface area contributed by atoms with Crippen molar-refractivity contribution in [2.45, 2.75) is 6.04 Å². The molecule has 6 heteroatoms. The SMILES string of the molecule is COc1ccc(OC)c(C(CO)N=[N+]=[N-])c1. The van der Waals surface area contributed by atoms with Gasteiger partial charge < -0.3 is 14.6 Å². The van der Waals surface area contributed by atoms with Gasteiger partial charge in [0.25, 0.3) is 0 Å². The van der Waals surface area contributed by atoms with Crippen molar-refractivity contribution in [3.63, 3.8) is 0 Å². The lowest BCUT2D eigenvalue weighted by molar-refractivity contribution is 0.264. The van der Waals surface area contributed by atoms with Crippen molar-refractivity contribution in [1.82, 2.24) is 0 Å². The van der Waals surface area contributed by atoms with E-state index in [1.54, 1.807) is 18.2 Å². The molecular weight excluding hydrogens is 210 g/mol. The van der Waals surface area contributed by atoms with Crippen LogP contribution in [0, 0.1) is 0 Å². The lowest BCUT2D eigenvalue weighted by Crippen LogP contribution is -2.03. The van der Waals surface area contributed by atoms with Gasteiger partial charge in [-0.25, -0.2) is 0 Å². The first-order chi connectivity index (χ1) is 7.76. The summed E-state index contributed by atoms with van der Waals surface area (Å²) >= 11 is 0. The van der Waals surface area contributed by atoms with Crippen molar-refractivity contribution in [3.8, 4) is 11.5 Å². The van der Waals surface area contributed by atoms with Gasteiger partial charge in [-0.05, 0) is 23.7 Å². The number of ether oxygens (including phenoxy) is 2. The Morgan fingerprint density at radius 3 is 2.69 bits per heavy atom. The Morgan fingerprint density at radius 1 is 1.44 bits per heavy atom. The summed E-state index contributed by atoms with van der Waals surface area (Å²) in [7, 11) is 3.04. The highest BCUT2D eigenvalue weighted by Gasteiger charge is 2.14. The molecule has 0 aliphatic rings. The van der Waals surface area contributed by atoms with Crippen molar-refractivity contribution in [1.29, 1.82) is 0 Å². The highest BCUT2D eigenvalue weighted by molar-refractivity contribution is 5.42. The van der Waals surface area contributed by atoms with Crippen molar-refractivity contribution in [3.05, 3.63) is 34.2 Å². The molecule has 0 fully saturated rings. The zero-order valence-corrected chi connectivity index (χ0v) is 9.12. The fraction of sp³-hybridized carbons (Fsp3) is 0.400. The molecule has 1 rings (SSSR count). The number of azide groups is 1. The fourth-order valence-corrected chi connectivity index (χ4v) is 1.36. The Kier molecular flexibility index (Phi) is 4.44. The van der Waals surface area contributed by atoms with Gasteiger partial charge in [0.15, 0.2) is 0 Å². The molecule has 0 spiro atoms. The van der Waals surface area contributed by atoms with Crippen LogP contribution in [0.2, 0.25) is 0 Å². The molecule has 6 nitrogen and oxygen atoms in total. The Hall–Kier alpha value is -1.91. The molecule has 0 heterocycles. The molecule has 0 saturated heterocycles. The molecule has 1 atom stereocenters. The summed E-state index contributed by atoms with van der Waals surface area (Å²) in [6, 6.07) is 4.43. The number of aliphatic hydroxyl groups excluding tert-OH is 1. The second-order valence-electron chi connectivity index (χ2n) is 3.01. The molecule has 0 saturated carbocycles. The third-order valence-corrected chi connectivity index (χ3v) is 2.16. The molecule has 0 aliphatic heterocycles. The molecule has 16 heavy (non-hydrogen) atoms. The molecule has 0 amide bonds. The van der Waals surface area contributed by atoms with Crippen LogP contribution < -0.4 is 9.47 Å². The van der Waals surface area contributed by atoms with Gasteiger partial charge in [0, 0.05) is 10.5 Å². The third kappa shape index (κ3) is 2.56. The standard InChI is InChI=1S/C10H13N3O3/c1-15-7-3-4-10(16-2)8(5-7)9(6-14)12-13-11/h3-5,9,14H,6H2,1-2H3. The Balaban J connectivity index is 3.20. The second kappa shape index (κ2) is 5.85. The summed E-state index contributed by atoms with van der Waals surface area (Å²) < 4.78 is 10.2. The monoisotopic (exact) mass is 223 g/mol. The predicted molar refractivity (Wildman–Crippen MR) is 58.5 cm³/mol. The lowest BCUT2D eigenvalue weighted by Gasteiger charge is -2.14. The van der Waals surface area contributed by atoms with Gasteiger partial charge >= 0.3 is 0 Å². The quantitative estimate of drug-likeness (QED) is 0.470. The number of benzene rings is 1. The lowest BCUT2D eigenvalue weighted by atomic mass is 10.1. The molecule has 1 N–H and O–H groups in total. The van der Waals surface area contributed by atoms with Crippen molar-refractivity contribution < 1.29 is 14.6 Å². The van der Waals surface area contributed by atoms with Gasteiger partial charge in [-0.3, -0.25) is 0 Å². The summed E-state index contributed by atoms with van der Waals surface area (Å²) in [5.74, 6) is 1.16. The normalized spacial score (nSPS) is 11.4. The van der Waals surface area contributed by atoms with Crippen molar-refractivity contribution in [2.24, 2.45) is 5.11 Å². The van der Waals surface area contributed by atoms with Gasteiger partial charge in [0.1, 0.15) is 11.5 Å². The number of hydrogen-bond donors (Lipinski definition) is 1. The van der Waals surface area contributed by atoms with Gasteiger partial charge in [-0.15, -0.1) is 0 Å². The number of methoxy groups -OCH3 is 2. The largest absolute Gasteiger partial charge is 0.497 e. The van der Waals surface area contributed by atoms with Crippen LogP contribution in [0.4, 0.5) is 0 Å². The van der Waals surface area contributed by atoms with Gasteiger partial charge in [0.05, 0.1) is 26.9 Å². The summed E-state index contributed by atoms with van der Waals surface area (Å²) in [4.78, 5) is 2.68. The van der Waals surface area contributed by atoms with Crippen molar-refractivity contribution in [2.75, 3.05) is 20.8 Å². The highest BCUT2D eigenvalue weighted by atomic mass is 16.5. The van der Waals surface area contributed by atoms with E-state index in [2.05, 4.69) is 10.0 Å². The maximum Gasteiger partial charge on any atom is 0.122 e.